The molecule has 1 aromatic heterocycles. The highest BCUT2D eigenvalue weighted by Crippen LogP contribution is 2.36. The molecule has 184 valence electrons. The number of rotatable bonds is 6. The number of hydrogen-bond acceptors (Lipinski definition) is 5. The molecule has 2 atom stereocenters. The third kappa shape index (κ3) is 5.75. The topological polar surface area (TPSA) is 82.7 Å². The van der Waals surface area contributed by atoms with Crippen LogP contribution in [0.2, 0.25) is 5.02 Å². The number of pyridine rings is 1. The smallest absolute Gasteiger partial charge is 0.385 e. The molecule has 35 heavy (non-hydrogen) atoms. The highest BCUT2D eigenvalue weighted by atomic mass is 35.5. The fraction of sp³-hybridized carbons (Fsp3) is 0.280. The number of nitrogens with two attached hydrogens (primary N) is 1. The average Bonchev–Trinajstić information content (AvgIpc) is 2.84. The second kappa shape index (κ2) is 10.2. The van der Waals surface area contributed by atoms with Gasteiger partial charge in [-0.3, -0.25) is 14.7 Å². The van der Waals surface area contributed by atoms with E-state index in [1.165, 1.54) is 6.07 Å². The highest BCUT2D eigenvalue weighted by molar-refractivity contribution is 6.33. The number of hydrogen-bond donors (Lipinski definition) is 2. The molecule has 6 nitrogen and oxygen atoms in total. The van der Waals surface area contributed by atoms with Gasteiger partial charge in [-0.05, 0) is 35.9 Å². The molecule has 1 fully saturated rings. The van der Waals surface area contributed by atoms with Crippen molar-refractivity contribution < 1.29 is 23.1 Å². The molecule has 0 saturated carbocycles. The van der Waals surface area contributed by atoms with E-state index in [9.17, 15) is 23.1 Å². The van der Waals surface area contributed by atoms with Crippen LogP contribution in [0.15, 0.2) is 66.9 Å². The van der Waals surface area contributed by atoms with Crippen LogP contribution in [-0.2, 0) is 6.18 Å². The van der Waals surface area contributed by atoms with Crippen LogP contribution in [0.1, 0.15) is 39.3 Å². The molecule has 0 bridgehead atoms. The highest BCUT2D eigenvalue weighted by Gasteiger charge is 2.33. The van der Waals surface area contributed by atoms with E-state index in [4.69, 9.17) is 17.3 Å². The number of β-amino-alcohol motifs (C(OH)–C–C–N with tert-alkyl or cyclic N) is 1. The zero-order chi connectivity index (χ0) is 25.2. The van der Waals surface area contributed by atoms with Gasteiger partial charge in [-0.25, -0.2) is 0 Å². The van der Waals surface area contributed by atoms with Crippen molar-refractivity contribution in [2.75, 3.05) is 31.1 Å². The van der Waals surface area contributed by atoms with Crippen LogP contribution in [0.4, 0.5) is 18.9 Å². The molecule has 1 amide bonds. The van der Waals surface area contributed by atoms with Gasteiger partial charge < -0.3 is 15.7 Å². The van der Waals surface area contributed by atoms with Crippen LogP contribution in [0.3, 0.4) is 0 Å². The van der Waals surface area contributed by atoms with Gasteiger partial charge >= 0.3 is 6.18 Å². The Kier molecular flexibility index (Phi) is 7.30. The molecular weight excluding hydrogens is 481 g/mol. The number of aliphatic hydroxyl groups excluding tert-OH is 1. The van der Waals surface area contributed by atoms with E-state index in [-0.39, 0.29) is 18.3 Å². The minimum absolute atomic E-state index is 0.116. The summed E-state index contributed by atoms with van der Waals surface area (Å²) in [7, 11) is 0. The van der Waals surface area contributed by atoms with Crippen molar-refractivity contribution in [1.29, 1.82) is 0 Å². The van der Waals surface area contributed by atoms with Crippen molar-refractivity contribution in [2.24, 2.45) is 5.73 Å². The molecule has 0 spiro atoms. The monoisotopic (exact) mass is 504 g/mol. The van der Waals surface area contributed by atoms with Gasteiger partial charge in [-0.2, -0.15) is 13.2 Å². The lowest BCUT2D eigenvalue weighted by Crippen LogP contribution is -2.49. The van der Waals surface area contributed by atoms with Crippen LogP contribution in [0, 0.1) is 0 Å². The fourth-order valence-electron chi connectivity index (χ4n) is 4.26. The zero-order valence-corrected chi connectivity index (χ0v) is 19.4. The summed E-state index contributed by atoms with van der Waals surface area (Å²) >= 11 is 6.51. The Bertz CT molecular complexity index is 1180. The summed E-state index contributed by atoms with van der Waals surface area (Å²) in [4.78, 5) is 19.5. The predicted molar refractivity (Wildman–Crippen MR) is 127 cm³/mol. The lowest BCUT2D eigenvalue weighted by atomic mass is 10.0. The Hall–Kier alpha value is -3.14. The second-order valence-electron chi connectivity index (χ2n) is 8.40. The molecule has 1 unspecified atom stereocenters. The van der Waals surface area contributed by atoms with Gasteiger partial charge in [-0.1, -0.05) is 41.9 Å². The maximum atomic E-state index is 12.8. The second-order valence-corrected chi connectivity index (χ2v) is 8.80. The van der Waals surface area contributed by atoms with Crippen molar-refractivity contribution >= 4 is 23.2 Å². The zero-order valence-electron chi connectivity index (χ0n) is 18.6. The number of nitrogens with zero attached hydrogens (tertiary/aromatic N) is 3. The summed E-state index contributed by atoms with van der Waals surface area (Å²) < 4.78 is 38.4. The number of anilines is 1. The molecule has 1 aliphatic heterocycles. The van der Waals surface area contributed by atoms with Crippen LogP contribution in [0.5, 0.6) is 0 Å². The largest absolute Gasteiger partial charge is 0.417 e. The summed E-state index contributed by atoms with van der Waals surface area (Å²) in [5.41, 5.74) is 6.81. The Morgan fingerprint density at radius 2 is 1.89 bits per heavy atom. The maximum Gasteiger partial charge on any atom is 0.417 e. The molecule has 0 aliphatic carbocycles. The van der Waals surface area contributed by atoms with E-state index in [2.05, 4.69) is 9.88 Å². The van der Waals surface area contributed by atoms with Gasteiger partial charge in [0.1, 0.15) is 6.10 Å². The minimum atomic E-state index is -4.48. The number of piperazine rings is 1. The number of aromatic nitrogens is 1. The fourth-order valence-corrected chi connectivity index (χ4v) is 4.54. The van der Waals surface area contributed by atoms with E-state index in [0.29, 0.717) is 30.2 Å². The van der Waals surface area contributed by atoms with Crippen molar-refractivity contribution in [2.45, 2.75) is 18.3 Å². The third-order valence-corrected chi connectivity index (χ3v) is 6.38. The first-order chi connectivity index (χ1) is 16.6. The van der Waals surface area contributed by atoms with E-state index in [1.807, 2.05) is 35.2 Å². The summed E-state index contributed by atoms with van der Waals surface area (Å²) in [6, 6.07) is 16.8. The van der Waals surface area contributed by atoms with Gasteiger partial charge in [0.05, 0.1) is 28.0 Å². The molecule has 2 aromatic carbocycles. The molecule has 3 aromatic rings. The standard InChI is InChI=1S/C25H24ClF3N4O2/c26-19-12-17(24(30)35)6-9-21(19)33-11-10-32(14-22(33)16-4-2-1-3-5-16)15-23(34)20-8-7-18(13-31-20)25(27,28)29/h1-9,12-13,22-23,34H,10-11,14-15H2,(H2,30,35)/t22-,23?/m0/s1. The average molecular weight is 505 g/mol. The number of benzene rings is 2. The molecule has 0 radical (unpaired) electrons. The SMILES string of the molecule is NC(=O)c1ccc(N2CCN(CC(O)c3ccc(C(F)(F)F)cn3)C[C@H]2c2ccccc2)c(Cl)c1. The Labute approximate surface area is 205 Å². The number of amides is 1. The number of halogens is 4. The van der Waals surface area contributed by atoms with Gasteiger partial charge in [0.2, 0.25) is 5.91 Å². The maximum absolute atomic E-state index is 12.8. The summed E-state index contributed by atoms with van der Waals surface area (Å²) in [6.07, 6.45) is -4.79. The van der Waals surface area contributed by atoms with Crippen LogP contribution >= 0.6 is 11.6 Å². The molecule has 3 N–H and O–H groups in total. The van der Waals surface area contributed by atoms with E-state index in [1.54, 1.807) is 18.2 Å². The quantitative estimate of drug-likeness (QED) is 0.518. The first-order valence-corrected chi connectivity index (χ1v) is 11.4. The molecule has 1 aliphatic rings. The number of alkyl halides is 3. The van der Waals surface area contributed by atoms with Gasteiger partial charge in [-0.15, -0.1) is 0 Å². The van der Waals surface area contributed by atoms with Crippen LogP contribution < -0.4 is 10.6 Å². The first-order valence-electron chi connectivity index (χ1n) is 11.0. The van der Waals surface area contributed by atoms with Crippen molar-refractivity contribution in [3.63, 3.8) is 0 Å². The first kappa shape index (κ1) is 25.0. The van der Waals surface area contributed by atoms with Crippen LogP contribution in [-0.4, -0.2) is 47.1 Å². The lowest BCUT2D eigenvalue weighted by molar-refractivity contribution is -0.137. The van der Waals surface area contributed by atoms with Gasteiger partial charge in [0, 0.05) is 37.9 Å². The third-order valence-electron chi connectivity index (χ3n) is 6.08. The van der Waals surface area contributed by atoms with Crippen molar-refractivity contribution in [3.8, 4) is 0 Å². The summed E-state index contributed by atoms with van der Waals surface area (Å²) in [6.45, 7) is 1.90. The Morgan fingerprint density at radius 1 is 1.14 bits per heavy atom. The van der Waals surface area contributed by atoms with E-state index in [0.717, 1.165) is 23.5 Å². The van der Waals surface area contributed by atoms with Crippen LogP contribution in [0.25, 0.3) is 0 Å². The molecule has 2 heterocycles. The predicted octanol–water partition coefficient (Wildman–Crippen LogP) is 4.45. The molecular formula is C25H24ClF3N4O2. The normalized spacial score (nSPS) is 17.9. The molecule has 10 heteroatoms. The summed E-state index contributed by atoms with van der Waals surface area (Å²) in [5, 5.41) is 11.1. The Morgan fingerprint density at radius 3 is 2.49 bits per heavy atom. The van der Waals surface area contributed by atoms with E-state index >= 15 is 0 Å². The minimum Gasteiger partial charge on any atom is -0.385 e. The van der Waals surface area contributed by atoms with Crippen molar-refractivity contribution in [3.05, 3.63) is 94.3 Å². The van der Waals surface area contributed by atoms with E-state index < -0.39 is 23.8 Å². The lowest BCUT2D eigenvalue weighted by Gasteiger charge is -2.44. The molecule has 4 rings (SSSR count). The number of carbonyl (C=O) groups excluding carboxylic acids is 1. The number of primary amides is 1. The van der Waals surface area contributed by atoms with Gasteiger partial charge in [0.15, 0.2) is 0 Å². The van der Waals surface area contributed by atoms with Crippen molar-refractivity contribution in [1.82, 2.24) is 9.88 Å². The molecule has 1 saturated heterocycles. The Balaban J connectivity index is 1.54. The summed E-state index contributed by atoms with van der Waals surface area (Å²) in [5.74, 6) is -0.561. The van der Waals surface area contributed by atoms with Gasteiger partial charge in [0.25, 0.3) is 0 Å². The number of carbonyl (C=O) groups is 1. The number of aliphatic hydroxyl groups is 1.